The second-order valence-corrected chi connectivity index (χ2v) is 7.37. The molecule has 2 aromatic heterocycles. The molecule has 144 valence electrons. The topological polar surface area (TPSA) is 59.4 Å². The summed E-state index contributed by atoms with van der Waals surface area (Å²) in [6.45, 7) is 5.00. The highest BCUT2D eigenvalue weighted by atomic mass is 32.1. The summed E-state index contributed by atoms with van der Waals surface area (Å²) in [4.78, 5) is 18.2. The molecule has 3 rings (SSSR count). The molecule has 6 nitrogen and oxygen atoms in total. The quantitative estimate of drug-likeness (QED) is 0.581. The first-order chi connectivity index (χ1) is 13.0. The second kappa shape index (κ2) is 8.52. The normalized spacial score (nSPS) is 19.4. The molecule has 3 heterocycles. The molecule has 1 saturated heterocycles. The van der Waals surface area contributed by atoms with E-state index in [1.54, 1.807) is 6.20 Å². The van der Waals surface area contributed by atoms with Gasteiger partial charge in [0.25, 0.3) is 0 Å². The molecular formula is C20H26N4O2S. The Balaban J connectivity index is 1.88. The van der Waals surface area contributed by atoms with Gasteiger partial charge in [0, 0.05) is 37.6 Å². The molecule has 0 amide bonds. The van der Waals surface area contributed by atoms with Crippen LogP contribution in [0.25, 0.3) is 0 Å². The number of carbonyl (C=O) groups is 1. The molecule has 2 aromatic rings. The first kappa shape index (κ1) is 19.4. The van der Waals surface area contributed by atoms with E-state index in [9.17, 15) is 4.79 Å². The summed E-state index contributed by atoms with van der Waals surface area (Å²) >= 11 is 5.62. The molecule has 0 saturated carbocycles. The maximum Gasteiger partial charge on any atom is 0.305 e. The standard InChI is InChI=1S/C20H26N4O2S/c1-14(2)23-12-9-15(13-23)19-18(16-7-4-5-10-21-16)22-20(27)24(19)11-6-8-17(25)26-3/h4-5,7,9-10,12-14,18-19H,6,8,11H2,1-3H3,(H,22,27)/t18-,19+/m0/s1. The number of hydrogen-bond acceptors (Lipinski definition) is 4. The van der Waals surface area contributed by atoms with Crippen molar-refractivity contribution < 1.29 is 9.53 Å². The van der Waals surface area contributed by atoms with Crippen molar-refractivity contribution in [2.75, 3.05) is 13.7 Å². The number of esters is 1. The van der Waals surface area contributed by atoms with Crippen molar-refractivity contribution in [3.05, 3.63) is 54.1 Å². The number of thiocarbonyl (C=S) groups is 1. The molecule has 0 aliphatic carbocycles. The van der Waals surface area contributed by atoms with Crippen molar-refractivity contribution in [3.63, 3.8) is 0 Å². The summed E-state index contributed by atoms with van der Waals surface area (Å²) in [6.07, 6.45) is 7.14. The van der Waals surface area contributed by atoms with Crippen LogP contribution in [-0.2, 0) is 9.53 Å². The van der Waals surface area contributed by atoms with E-state index in [0.29, 0.717) is 30.5 Å². The van der Waals surface area contributed by atoms with Crippen LogP contribution in [0, 0.1) is 0 Å². The molecular weight excluding hydrogens is 360 g/mol. The number of aromatic nitrogens is 2. The van der Waals surface area contributed by atoms with Crippen molar-refractivity contribution in [3.8, 4) is 0 Å². The van der Waals surface area contributed by atoms with Crippen LogP contribution in [0.5, 0.6) is 0 Å². The fourth-order valence-corrected chi connectivity index (χ4v) is 3.76. The lowest BCUT2D eigenvalue weighted by Crippen LogP contribution is -2.30. The Morgan fingerprint density at radius 1 is 1.37 bits per heavy atom. The molecule has 0 spiro atoms. The summed E-state index contributed by atoms with van der Waals surface area (Å²) in [6, 6.07) is 8.46. The third-order valence-electron chi connectivity index (χ3n) is 4.88. The van der Waals surface area contributed by atoms with E-state index in [4.69, 9.17) is 17.0 Å². The Hall–Kier alpha value is -2.41. The summed E-state index contributed by atoms with van der Waals surface area (Å²) in [5, 5.41) is 4.12. The van der Waals surface area contributed by atoms with Gasteiger partial charge in [-0.05, 0) is 56.2 Å². The number of nitrogens with one attached hydrogen (secondary N) is 1. The number of ether oxygens (including phenoxy) is 1. The van der Waals surface area contributed by atoms with E-state index in [-0.39, 0.29) is 18.1 Å². The predicted octanol–water partition coefficient (Wildman–Crippen LogP) is 3.39. The second-order valence-electron chi connectivity index (χ2n) is 6.99. The van der Waals surface area contributed by atoms with Crippen LogP contribution in [-0.4, -0.2) is 39.2 Å². The van der Waals surface area contributed by atoms with Crippen molar-refractivity contribution >= 4 is 23.3 Å². The summed E-state index contributed by atoms with van der Waals surface area (Å²) < 4.78 is 6.95. The van der Waals surface area contributed by atoms with E-state index < -0.39 is 0 Å². The molecule has 1 aliphatic heterocycles. The molecule has 0 radical (unpaired) electrons. The number of hydrogen-bond donors (Lipinski definition) is 1. The highest BCUT2D eigenvalue weighted by Gasteiger charge is 2.39. The van der Waals surface area contributed by atoms with E-state index >= 15 is 0 Å². The Kier molecular flexibility index (Phi) is 6.11. The fraction of sp³-hybridized carbons (Fsp3) is 0.450. The highest BCUT2D eigenvalue weighted by molar-refractivity contribution is 7.80. The lowest BCUT2D eigenvalue weighted by Gasteiger charge is -2.27. The average Bonchev–Trinajstić information content (AvgIpc) is 3.27. The van der Waals surface area contributed by atoms with Crippen molar-refractivity contribution in [2.45, 2.75) is 44.8 Å². The largest absolute Gasteiger partial charge is 0.469 e. The van der Waals surface area contributed by atoms with Gasteiger partial charge in [0.2, 0.25) is 0 Å². The van der Waals surface area contributed by atoms with Crippen molar-refractivity contribution in [2.24, 2.45) is 0 Å². The van der Waals surface area contributed by atoms with Gasteiger partial charge >= 0.3 is 5.97 Å². The van der Waals surface area contributed by atoms with Crippen LogP contribution in [0.3, 0.4) is 0 Å². The zero-order valence-corrected chi connectivity index (χ0v) is 16.8. The maximum absolute atomic E-state index is 11.5. The minimum absolute atomic E-state index is 0.0279. The van der Waals surface area contributed by atoms with Gasteiger partial charge in [-0.3, -0.25) is 9.78 Å². The zero-order chi connectivity index (χ0) is 19.4. The van der Waals surface area contributed by atoms with Gasteiger partial charge < -0.3 is 19.5 Å². The van der Waals surface area contributed by atoms with E-state index in [1.807, 2.05) is 18.2 Å². The van der Waals surface area contributed by atoms with E-state index in [2.05, 4.69) is 52.1 Å². The number of pyridine rings is 1. The Bertz CT molecular complexity index is 790. The Morgan fingerprint density at radius 3 is 2.81 bits per heavy atom. The SMILES string of the molecule is COC(=O)CCCN1C(=S)N[C@@H](c2ccccn2)[C@H]1c1ccn(C(C)C)c1. The molecule has 1 aliphatic rings. The Labute approximate surface area is 165 Å². The van der Waals surface area contributed by atoms with Gasteiger partial charge in [-0.2, -0.15) is 0 Å². The lowest BCUT2D eigenvalue weighted by molar-refractivity contribution is -0.140. The number of nitrogens with zero attached hydrogens (tertiary/aromatic N) is 3. The third-order valence-corrected chi connectivity index (χ3v) is 5.23. The zero-order valence-electron chi connectivity index (χ0n) is 16.0. The monoisotopic (exact) mass is 386 g/mol. The minimum atomic E-state index is -0.197. The number of methoxy groups -OCH3 is 1. The first-order valence-electron chi connectivity index (χ1n) is 9.23. The van der Waals surface area contributed by atoms with Gasteiger partial charge in [-0.1, -0.05) is 6.07 Å². The molecule has 27 heavy (non-hydrogen) atoms. The van der Waals surface area contributed by atoms with Gasteiger partial charge in [0.05, 0.1) is 24.9 Å². The molecule has 0 unspecified atom stereocenters. The van der Waals surface area contributed by atoms with Crippen LogP contribution in [0.15, 0.2) is 42.9 Å². The molecule has 1 fully saturated rings. The van der Waals surface area contributed by atoms with E-state index in [1.165, 1.54) is 12.7 Å². The maximum atomic E-state index is 11.5. The average molecular weight is 387 g/mol. The van der Waals surface area contributed by atoms with Gasteiger partial charge in [0.15, 0.2) is 5.11 Å². The molecule has 1 N–H and O–H groups in total. The van der Waals surface area contributed by atoms with Crippen LogP contribution >= 0.6 is 12.2 Å². The number of rotatable bonds is 7. The van der Waals surface area contributed by atoms with Gasteiger partial charge in [-0.25, -0.2) is 0 Å². The Morgan fingerprint density at radius 2 is 2.19 bits per heavy atom. The van der Waals surface area contributed by atoms with Crippen LogP contribution < -0.4 is 5.32 Å². The minimum Gasteiger partial charge on any atom is -0.469 e. The summed E-state index contributed by atoms with van der Waals surface area (Å²) in [5.74, 6) is -0.197. The third kappa shape index (κ3) is 4.30. The number of carbonyl (C=O) groups excluding carboxylic acids is 1. The van der Waals surface area contributed by atoms with Crippen LogP contribution in [0.4, 0.5) is 0 Å². The van der Waals surface area contributed by atoms with Gasteiger partial charge in [0.1, 0.15) is 0 Å². The molecule has 0 bridgehead atoms. The molecule has 2 atom stereocenters. The summed E-state index contributed by atoms with van der Waals surface area (Å²) in [5.41, 5.74) is 2.14. The molecule has 7 heteroatoms. The van der Waals surface area contributed by atoms with Crippen molar-refractivity contribution in [1.29, 1.82) is 0 Å². The van der Waals surface area contributed by atoms with Crippen LogP contribution in [0.2, 0.25) is 0 Å². The molecule has 0 aromatic carbocycles. The smallest absolute Gasteiger partial charge is 0.305 e. The highest BCUT2D eigenvalue weighted by Crippen LogP contribution is 2.39. The predicted molar refractivity (Wildman–Crippen MR) is 108 cm³/mol. The first-order valence-corrected chi connectivity index (χ1v) is 9.64. The fourth-order valence-electron chi connectivity index (χ4n) is 3.43. The lowest BCUT2D eigenvalue weighted by atomic mass is 9.99. The summed E-state index contributed by atoms with van der Waals surface area (Å²) in [7, 11) is 1.42. The van der Waals surface area contributed by atoms with Crippen LogP contribution in [0.1, 0.15) is 56.1 Å². The van der Waals surface area contributed by atoms with E-state index in [0.717, 1.165) is 5.69 Å². The van der Waals surface area contributed by atoms with Gasteiger partial charge in [-0.15, -0.1) is 0 Å². The van der Waals surface area contributed by atoms with Crippen molar-refractivity contribution in [1.82, 2.24) is 19.8 Å².